The Bertz CT molecular complexity index is 955. The molecule has 8 heteroatoms. The molecule has 0 amide bonds. The van der Waals surface area contributed by atoms with Crippen LogP contribution in [0.1, 0.15) is 5.56 Å². The molecular formula is C21H19ClF4N2O. The number of hydrogen-bond acceptors (Lipinski definition) is 3. The number of ether oxygens (including phenoxy) is 1. The van der Waals surface area contributed by atoms with Gasteiger partial charge in [-0.1, -0.05) is 17.7 Å². The summed E-state index contributed by atoms with van der Waals surface area (Å²) in [6.45, 7) is 0.174. The minimum Gasteiger partial charge on any atom is -0.487 e. The molecule has 3 rings (SSSR count). The lowest BCUT2D eigenvalue weighted by atomic mass is 10.1. The Hall–Kier alpha value is -2.51. The first-order valence-corrected chi connectivity index (χ1v) is 9.16. The lowest BCUT2D eigenvalue weighted by Gasteiger charge is -2.33. The maximum absolute atomic E-state index is 14.3. The van der Waals surface area contributed by atoms with Crippen molar-refractivity contribution in [3.05, 3.63) is 87.8 Å². The highest BCUT2D eigenvalue weighted by atomic mass is 35.5. The van der Waals surface area contributed by atoms with E-state index in [2.05, 4.69) is 0 Å². The van der Waals surface area contributed by atoms with Gasteiger partial charge in [-0.05, 0) is 38.4 Å². The van der Waals surface area contributed by atoms with Gasteiger partial charge in [-0.25, -0.2) is 17.6 Å². The van der Waals surface area contributed by atoms with Gasteiger partial charge in [-0.3, -0.25) is 0 Å². The van der Waals surface area contributed by atoms with Crippen molar-refractivity contribution in [1.82, 2.24) is 4.90 Å². The molecule has 1 aliphatic heterocycles. The molecule has 0 unspecified atom stereocenters. The predicted octanol–water partition coefficient (Wildman–Crippen LogP) is 5.18. The van der Waals surface area contributed by atoms with Gasteiger partial charge in [0.15, 0.2) is 0 Å². The number of nitrogens with zero attached hydrogens (tertiary/aromatic N) is 2. The van der Waals surface area contributed by atoms with E-state index in [1.807, 2.05) is 19.0 Å². The van der Waals surface area contributed by atoms with E-state index < -0.39 is 23.3 Å². The monoisotopic (exact) mass is 426 g/mol. The third kappa shape index (κ3) is 4.92. The quantitative estimate of drug-likeness (QED) is 0.592. The van der Waals surface area contributed by atoms with Crippen molar-refractivity contribution in [1.29, 1.82) is 0 Å². The highest BCUT2D eigenvalue weighted by molar-refractivity contribution is 6.30. The van der Waals surface area contributed by atoms with E-state index in [4.69, 9.17) is 16.3 Å². The number of allylic oxidation sites excluding steroid dienone is 1. The number of para-hydroxylation sites is 1. The third-order valence-corrected chi connectivity index (χ3v) is 4.60. The van der Waals surface area contributed by atoms with Gasteiger partial charge in [-0.2, -0.15) is 0 Å². The van der Waals surface area contributed by atoms with Crippen LogP contribution in [-0.2, 0) is 11.3 Å². The predicted molar refractivity (Wildman–Crippen MR) is 104 cm³/mol. The number of benzene rings is 2. The molecule has 0 radical (unpaired) electrons. The maximum Gasteiger partial charge on any atom is 0.149 e. The Morgan fingerprint density at radius 3 is 2.34 bits per heavy atom. The molecule has 2 aromatic carbocycles. The van der Waals surface area contributed by atoms with Crippen molar-refractivity contribution in [3.63, 3.8) is 0 Å². The molecule has 3 nitrogen and oxygen atoms in total. The van der Waals surface area contributed by atoms with Gasteiger partial charge in [0, 0.05) is 29.9 Å². The SMILES string of the molecule is CN(C)CC1=CC(OCc2ccc(F)cc2F)=C(Cl)CN1c1c(F)cccc1F. The first-order chi connectivity index (χ1) is 13.8. The minimum absolute atomic E-state index is 0.0136. The average Bonchev–Trinajstić information content (AvgIpc) is 2.63. The molecule has 1 heterocycles. The lowest BCUT2D eigenvalue weighted by Crippen LogP contribution is -2.34. The fourth-order valence-corrected chi connectivity index (χ4v) is 3.19. The molecule has 0 saturated carbocycles. The Labute approximate surface area is 171 Å². The maximum atomic E-state index is 14.3. The summed E-state index contributed by atoms with van der Waals surface area (Å²) < 4.78 is 61.2. The summed E-state index contributed by atoms with van der Waals surface area (Å²) in [5.41, 5.74) is 0.508. The second kappa shape index (κ2) is 8.88. The molecule has 0 fully saturated rings. The molecule has 0 bridgehead atoms. The summed E-state index contributed by atoms with van der Waals surface area (Å²) in [5, 5.41) is 0.206. The zero-order valence-corrected chi connectivity index (χ0v) is 16.6. The zero-order chi connectivity index (χ0) is 21.1. The van der Waals surface area contributed by atoms with E-state index in [-0.39, 0.29) is 35.2 Å². The van der Waals surface area contributed by atoms with Crippen molar-refractivity contribution < 1.29 is 22.3 Å². The minimum atomic E-state index is -0.731. The van der Waals surface area contributed by atoms with Crippen LogP contribution in [0.25, 0.3) is 0 Å². The summed E-state index contributed by atoms with van der Waals surface area (Å²) in [4.78, 5) is 3.27. The van der Waals surface area contributed by atoms with Crippen LogP contribution in [0, 0.1) is 23.3 Å². The van der Waals surface area contributed by atoms with Crippen molar-refractivity contribution in [2.24, 2.45) is 0 Å². The fraction of sp³-hybridized carbons (Fsp3) is 0.238. The van der Waals surface area contributed by atoms with E-state index in [0.29, 0.717) is 12.2 Å². The van der Waals surface area contributed by atoms with E-state index >= 15 is 0 Å². The van der Waals surface area contributed by atoms with Crippen LogP contribution >= 0.6 is 11.6 Å². The van der Waals surface area contributed by atoms with Gasteiger partial charge in [0.25, 0.3) is 0 Å². The lowest BCUT2D eigenvalue weighted by molar-refractivity contribution is 0.203. The molecule has 154 valence electrons. The second-order valence-electron chi connectivity index (χ2n) is 6.82. The standard InChI is InChI=1S/C21H19ClF4N2O/c1-27(2)10-15-9-20(29-12-13-6-7-14(23)8-19(13)26)16(22)11-28(15)21-17(24)4-3-5-18(21)25/h3-9H,10-12H2,1-2H3. The summed E-state index contributed by atoms with van der Waals surface area (Å²) in [6, 6.07) is 6.82. The van der Waals surface area contributed by atoms with Gasteiger partial charge in [0.05, 0.1) is 11.6 Å². The molecule has 2 aromatic rings. The average molecular weight is 427 g/mol. The number of rotatable bonds is 6. The van der Waals surface area contributed by atoms with Crippen LogP contribution < -0.4 is 4.90 Å². The van der Waals surface area contributed by atoms with Crippen molar-refractivity contribution in [2.75, 3.05) is 32.1 Å². The van der Waals surface area contributed by atoms with Gasteiger partial charge >= 0.3 is 0 Å². The second-order valence-corrected chi connectivity index (χ2v) is 7.28. The highest BCUT2D eigenvalue weighted by Crippen LogP contribution is 2.33. The van der Waals surface area contributed by atoms with Gasteiger partial charge in [0.1, 0.15) is 41.3 Å². The van der Waals surface area contributed by atoms with E-state index in [0.717, 1.165) is 12.1 Å². The van der Waals surface area contributed by atoms with Crippen molar-refractivity contribution >= 4 is 17.3 Å². The summed E-state index contributed by atoms with van der Waals surface area (Å²) >= 11 is 6.32. The smallest absolute Gasteiger partial charge is 0.149 e. The van der Waals surface area contributed by atoms with Crippen LogP contribution in [-0.4, -0.2) is 32.1 Å². The molecule has 0 atom stereocenters. The highest BCUT2D eigenvalue weighted by Gasteiger charge is 2.26. The van der Waals surface area contributed by atoms with Crippen molar-refractivity contribution in [3.8, 4) is 0 Å². The number of halogens is 5. The number of hydrogen-bond donors (Lipinski definition) is 0. The van der Waals surface area contributed by atoms with E-state index in [1.54, 1.807) is 6.08 Å². The largest absolute Gasteiger partial charge is 0.487 e. The Morgan fingerprint density at radius 1 is 1.03 bits per heavy atom. The first-order valence-electron chi connectivity index (χ1n) is 8.78. The molecule has 29 heavy (non-hydrogen) atoms. The van der Waals surface area contributed by atoms with Crippen molar-refractivity contribution in [2.45, 2.75) is 6.61 Å². The molecule has 1 aliphatic rings. The number of likely N-dealkylation sites (N-methyl/N-ethyl adjacent to an activating group) is 1. The van der Waals surface area contributed by atoms with Crippen LogP contribution in [0.15, 0.2) is 59.0 Å². The molecule has 0 saturated heterocycles. The topological polar surface area (TPSA) is 15.7 Å². The normalized spacial score (nSPS) is 14.5. The fourth-order valence-electron chi connectivity index (χ4n) is 2.96. The van der Waals surface area contributed by atoms with E-state index in [9.17, 15) is 17.6 Å². The third-order valence-electron chi connectivity index (χ3n) is 4.29. The van der Waals surface area contributed by atoms with Gasteiger partial charge in [0.2, 0.25) is 0 Å². The van der Waals surface area contributed by atoms with Crippen LogP contribution in [0.5, 0.6) is 0 Å². The Balaban J connectivity index is 1.89. The first kappa shape index (κ1) is 21.2. The molecular weight excluding hydrogens is 408 g/mol. The molecule has 0 aromatic heterocycles. The van der Waals surface area contributed by atoms with Crippen LogP contribution in [0.4, 0.5) is 23.2 Å². The number of anilines is 1. The molecule has 0 N–H and O–H groups in total. The Kier molecular flexibility index (Phi) is 6.49. The summed E-state index contributed by atoms with van der Waals surface area (Å²) in [5.74, 6) is -2.57. The Morgan fingerprint density at radius 2 is 1.72 bits per heavy atom. The van der Waals surface area contributed by atoms with Crippen LogP contribution in [0.2, 0.25) is 0 Å². The summed E-state index contributed by atoms with van der Waals surface area (Å²) in [6.07, 6.45) is 1.57. The summed E-state index contributed by atoms with van der Waals surface area (Å²) in [7, 11) is 3.62. The molecule has 0 aliphatic carbocycles. The molecule has 0 spiro atoms. The van der Waals surface area contributed by atoms with E-state index in [1.165, 1.54) is 29.2 Å². The van der Waals surface area contributed by atoms with Crippen LogP contribution in [0.3, 0.4) is 0 Å². The van der Waals surface area contributed by atoms with Gasteiger partial charge < -0.3 is 14.5 Å². The van der Waals surface area contributed by atoms with Gasteiger partial charge in [-0.15, -0.1) is 0 Å². The zero-order valence-electron chi connectivity index (χ0n) is 15.9.